The van der Waals surface area contributed by atoms with Crippen LogP contribution in [0.2, 0.25) is 0 Å². The summed E-state index contributed by atoms with van der Waals surface area (Å²) in [5.41, 5.74) is 2.75. The Kier molecular flexibility index (Phi) is 5.28. The molecule has 5 rings (SSSR count). The molecule has 3 N–H and O–H groups in total. The van der Waals surface area contributed by atoms with E-state index in [9.17, 15) is 19.8 Å². The number of carboxylic acid groups (broad SMARTS) is 1. The number of hydrogen-bond donors (Lipinski definition) is 3. The fourth-order valence-electron chi connectivity index (χ4n) is 5.18. The topological polar surface area (TPSA) is 126 Å². The summed E-state index contributed by atoms with van der Waals surface area (Å²) in [6, 6.07) is 6.73. The van der Waals surface area contributed by atoms with Crippen LogP contribution in [-0.4, -0.2) is 49.2 Å². The van der Waals surface area contributed by atoms with E-state index >= 15 is 0 Å². The van der Waals surface area contributed by atoms with Crippen molar-refractivity contribution < 1.29 is 24.5 Å². The van der Waals surface area contributed by atoms with Crippen LogP contribution in [0.25, 0.3) is 5.69 Å². The van der Waals surface area contributed by atoms with E-state index in [-0.39, 0.29) is 17.1 Å². The molecule has 1 aromatic heterocycles. The SMILES string of the molecule is CCOc1cc2c(c3c1OC(C)(C)C3)C(c1ccc(C(=O)O)c(-n3c(O)c[nH]c3=O)c1)=NC(C)(C)C2. The number of nitrogens with zero attached hydrogens (tertiary/aromatic N) is 2. The molecule has 0 unspecified atom stereocenters. The Bertz CT molecular complexity index is 1490. The number of benzene rings is 2. The zero-order chi connectivity index (χ0) is 26.0. The van der Waals surface area contributed by atoms with Crippen molar-refractivity contribution in [1.82, 2.24) is 9.55 Å². The third-order valence-electron chi connectivity index (χ3n) is 6.48. The summed E-state index contributed by atoms with van der Waals surface area (Å²) < 4.78 is 13.2. The monoisotopic (exact) mass is 491 g/mol. The first-order chi connectivity index (χ1) is 16.9. The first-order valence-electron chi connectivity index (χ1n) is 11.9. The van der Waals surface area contributed by atoms with Gasteiger partial charge >= 0.3 is 11.7 Å². The zero-order valence-electron chi connectivity index (χ0n) is 20.9. The molecule has 9 nitrogen and oxygen atoms in total. The Hall–Kier alpha value is -4.01. The number of H-pyrrole nitrogens is 1. The van der Waals surface area contributed by atoms with Crippen LogP contribution >= 0.6 is 0 Å². The van der Waals surface area contributed by atoms with E-state index in [0.717, 1.165) is 27.5 Å². The summed E-state index contributed by atoms with van der Waals surface area (Å²) in [6.45, 7) is 10.6. The van der Waals surface area contributed by atoms with Crippen LogP contribution in [0.5, 0.6) is 17.4 Å². The van der Waals surface area contributed by atoms with Gasteiger partial charge in [-0.15, -0.1) is 0 Å². The number of aromatic hydroxyl groups is 1. The molecule has 0 saturated heterocycles. The first-order valence-corrected chi connectivity index (χ1v) is 11.9. The smallest absolute Gasteiger partial charge is 0.337 e. The van der Waals surface area contributed by atoms with Crippen molar-refractivity contribution >= 4 is 11.7 Å². The van der Waals surface area contributed by atoms with Crippen LogP contribution in [0.4, 0.5) is 0 Å². The van der Waals surface area contributed by atoms with Crippen molar-refractivity contribution in [1.29, 1.82) is 0 Å². The van der Waals surface area contributed by atoms with Crippen molar-refractivity contribution in [2.45, 2.75) is 58.6 Å². The van der Waals surface area contributed by atoms with Crippen LogP contribution < -0.4 is 15.2 Å². The van der Waals surface area contributed by atoms with E-state index in [0.29, 0.717) is 42.2 Å². The quantitative estimate of drug-likeness (QED) is 0.498. The summed E-state index contributed by atoms with van der Waals surface area (Å²) in [5.74, 6) is -0.189. The molecule has 2 aliphatic heterocycles. The maximum absolute atomic E-state index is 12.4. The highest BCUT2D eigenvalue weighted by Crippen LogP contribution is 2.48. The molecule has 0 atom stereocenters. The number of imidazole rings is 1. The second-order valence-electron chi connectivity index (χ2n) is 10.5. The minimum atomic E-state index is -1.22. The summed E-state index contributed by atoms with van der Waals surface area (Å²) in [7, 11) is 0. The van der Waals surface area contributed by atoms with Crippen LogP contribution in [0.15, 0.2) is 40.2 Å². The maximum Gasteiger partial charge on any atom is 0.337 e. The molecule has 3 heterocycles. The molecule has 0 aliphatic carbocycles. The summed E-state index contributed by atoms with van der Waals surface area (Å²) >= 11 is 0. The molecule has 188 valence electrons. The van der Waals surface area contributed by atoms with Gasteiger partial charge in [0.2, 0.25) is 5.88 Å². The first kappa shape index (κ1) is 23.7. The van der Waals surface area contributed by atoms with E-state index in [4.69, 9.17) is 14.5 Å². The average molecular weight is 492 g/mol. The van der Waals surface area contributed by atoms with Gasteiger partial charge in [0.1, 0.15) is 5.60 Å². The van der Waals surface area contributed by atoms with E-state index in [1.807, 2.05) is 40.7 Å². The van der Waals surface area contributed by atoms with Crippen LogP contribution in [0, 0.1) is 0 Å². The number of nitrogens with one attached hydrogen (secondary N) is 1. The van der Waals surface area contributed by atoms with Crippen LogP contribution in [0.1, 0.15) is 67.2 Å². The Morgan fingerprint density at radius 1 is 1.22 bits per heavy atom. The van der Waals surface area contributed by atoms with Crippen molar-refractivity contribution in [3.8, 4) is 23.1 Å². The van der Waals surface area contributed by atoms with Crippen molar-refractivity contribution in [3.63, 3.8) is 0 Å². The molecule has 3 aromatic rings. The zero-order valence-corrected chi connectivity index (χ0v) is 20.9. The van der Waals surface area contributed by atoms with Gasteiger partial charge in [-0.2, -0.15) is 0 Å². The largest absolute Gasteiger partial charge is 0.493 e. The van der Waals surface area contributed by atoms with E-state index in [2.05, 4.69) is 4.98 Å². The van der Waals surface area contributed by atoms with Crippen LogP contribution in [-0.2, 0) is 12.8 Å². The Balaban J connectivity index is 1.78. The number of carboxylic acids is 1. The molecular weight excluding hydrogens is 462 g/mol. The minimum Gasteiger partial charge on any atom is -0.493 e. The molecule has 36 heavy (non-hydrogen) atoms. The maximum atomic E-state index is 12.4. The molecule has 0 spiro atoms. The predicted molar refractivity (Wildman–Crippen MR) is 134 cm³/mol. The van der Waals surface area contributed by atoms with Gasteiger partial charge in [0.15, 0.2) is 11.5 Å². The second kappa shape index (κ2) is 8.01. The molecular formula is C27H29N3O6. The third kappa shape index (κ3) is 3.84. The Labute approximate surface area is 208 Å². The van der Waals surface area contributed by atoms with Crippen LogP contribution in [0.3, 0.4) is 0 Å². The molecule has 0 radical (unpaired) electrons. The standard InChI is InChI=1S/C27H29N3O6/c1-6-35-19-10-15-11-26(2,3)29-22(21(15)17-12-27(4,5)36-23(17)19)14-7-8-16(24(32)33)18(9-14)30-20(31)13-28-25(30)34/h7-10,13,31H,6,11-12H2,1-5H3,(H,28,34)(H,32,33). The van der Waals surface area contributed by atoms with Gasteiger partial charge < -0.3 is 24.7 Å². The molecule has 9 heteroatoms. The summed E-state index contributed by atoms with van der Waals surface area (Å²) in [6.07, 6.45) is 2.47. The number of fused-ring (bicyclic) bond motifs is 3. The molecule has 0 bridgehead atoms. The lowest BCUT2D eigenvalue weighted by atomic mass is 9.80. The summed E-state index contributed by atoms with van der Waals surface area (Å²) in [4.78, 5) is 31.9. The van der Waals surface area contributed by atoms with Crippen molar-refractivity contribution in [3.05, 3.63) is 68.8 Å². The van der Waals surface area contributed by atoms with Gasteiger partial charge in [0.05, 0.1) is 35.3 Å². The predicted octanol–water partition coefficient (Wildman–Crippen LogP) is 3.85. The highest BCUT2D eigenvalue weighted by Gasteiger charge is 2.40. The fraction of sp³-hybridized carbons (Fsp3) is 0.370. The molecule has 0 saturated carbocycles. The van der Waals surface area contributed by atoms with E-state index in [1.165, 1.54) is 6.07 Å². The highest BCUT2D eigenvalue weighted by atomic mass is 16.5. The number of hydrogen-bond acceptors (Lipinski definition) is 6. The number of carbonyl (C=O) groups is 1. The second-order valence-corrected chi connectivity index (χ2v) is 10.5. The normalized spacial score (nSPS) is 17.1. The number of aromatic nitrogens is 2. The number of rotatable bonds is 5. The van der Waals surface area contributed by atoms with Gasteiger partial charge in [0, 0.05) is 23.1 Å². The van der Waals surface area contributed by atoms with Gasteiger partial charge in [-0.25, -0.2) is 14.2 Å². The van der Waals surface area contributed by atoms with Gasteiger partial charge in [0.25, 0.3) is 0 Å². The molecule has 0 amide bonds. The summed E-state index contributed by atoms with van der Waals surface area (Å²) in [5, 5.41) is 20.1. The third-order valence-corrected chi connectivity index (χ3v) is 6.48. The molecule has 2 aliphatic rings. The number of aliphatic imine (C=N–C) groups is 1. The van der Waals surface area contributed by atoms with Gasteiger partial charge in [-0.3, -0.25) is 4.99 Å². The van der Waals surface area contributed by atoms with Gasteiger partial charge in [-0.05, 0) is 64.8 Å². The Morgan fingerprint density at radius 3 is 2.61 bits per heavy atom. The fourth-order valence-corrected chi connectivity index (χ4v) is 5.18. The van der Waals surface area contributed by atoms with E-state index in [1.54, 1.807) is 12.1 Å². The van der Waals surface area contributed by atoms with Crippen molar-refractivity contribution in [2.24, 2.45) is 4.99 Å². The number of ether oxygens (including phenoxy) is 2. The number of aromatic amines is 1. The lowest BCUT2D eigenvalue weighted by Crippen LogP contribution is -2.31. The molecule has 0 fully saturated rings. The highest BCUT2D eigenvalue weighted by molar-refractivity contribution is 6.16. The lowest BCUT2D eigenvalue weighted by Gasteiger charge is -2.31. The number of aromatic carboxylic acids is 1. The minimum absolute atomic E-state index is 0.0514. The van der Waals surface area contributed by atoms with Crippen molar-refractivity contribution in [2.75, 3.05) is 6.61 Å². The van der Waals surface area contributed by atoms with Gasteiger partial charge in [-0.1, -0.05) is 6.07 Å². The Morgan fingerprint density at radius 2 is 1.97 bits per heavy atom. The average Bonchev–Trinajstić information content (AvgIpc) is 3.29. The molecule has 2 aromatic carbocycles. The lowest BCUT2D eigenvalue weighted by molar-refractivity contribution is 0.0697. The van der Waals surface area contributed by atoms with E-state index < -0.39 is 22.8 Å².